The van der Waals surface area contributed by atoms with Gasteiger partial charge in [0.05, 0.1) is 13.2 Å². The first-order valence-corrected chi connectivity index (χ1v) is 9.42. The summed E-state index contributed by atoms with van der Waals surface area (Å²) in [6, 6.07) is 16.7. The standard InChI is InChI=1S/C23H26N2O4/c1-17(2)23(28)29-15-7-10-22(27)16-24-19-11-13-21(14-12-19)25(18(3)26)20-8-5-4-6-9-20/h4-6,8-9,11-14,24H,1,7,10,15-16H2,2-3H3. The molecule has 0 aromatic heterocycles. The van der Waals surface area contributed by atoms with Crippen molar-refractivity contribution in [2.24, 2.45) is 0 Å². The monoisotopic (exact) mass is 394 g/mol. The molecule has 2 aromatic carbocycles. The fourth-order valence-electron chi connectivity index (χ4n) is 2.66. The summed E-state index contributed by atoms with van der Waals surface area (Å²) in [4.78, 5) is 36.9. The van der Waals surface area contributed by atoms with Crippen molar-refractivity contribution in [2.45, 2.75) is 26.7 Å². The van der Waals surface area contributed by atoms with Crippen LogP contribution in [0.1, 0.15) is 26.7 Å². The smallest absolute Gasteiger partial charge is 0.333 e. The Morgan fingerprint density at radius 2 is 1.59 bits per heavy atom. The van der Waals surface area contributed by atoms with Crippen molar-refractivity contribution in [3.63, 3.8) is 0 Å². The summed E-state index contributed by atoms with van der Waals surface area (Å²) in [5, 5.41) is 3.07. The number of esters is 1. The number of Topliss-reactive ketones (excluding diaryl/α,β-unsaturated/α-hetero) is 1. The van der Waals surface area contributed by atoms with Crippen molar-refractivity contribution in [1.29, 1.82) is 0 Å². The number of hydrogen-bond donors (Lipinski definition) is 1. The van der Waals surface area contributed by atoms with Crippen LogP contribution < -0.4 is 10.2 Å². The molecular weight excluding hydrogens is 368 g/mol. The largest absolute Gasteiger partial charge is 0.462 e. The van der Waals surface area contributed by atoms with E-state index >= 15 is 0 Å². The van der Waals surface area contributed by atoms with E-state index in [2.05, 4.69) is 11.9 Å². The van der Waals surface area contributed by atoms with Crippen LogP contribution in [0, 0.1) is 0 Å². The van der Waals surface area contributed by atoms with E-state index in [9.17, 15) is 14.4 Å². The third-order valence-corrected chi connectivity index (χ3v) is 4.13. The molecule has 0 aliphatic heterocycles. The lowest BCUT2D eigenvalue weighted by atomic mass is 10.2. The Bertz CT molecular complexity index is 860. The van der Waals surface area contributed by atoms with Crippen molar-refractivity contribution in [3.05, 3.63) is 66.7 Å². The third-order valence-electron chi connectivity index (χ3n) is 4.13. The number of anilines is 3. The Balaban J connectivity index is 1.84. The molecule has 0 radical (unpaired) electrons. The lowest BCUT2D eigenvalue weighted by Gasteiger charge is -2.21. The number of para-hydroxylation sites is 1. The number of benzene rings is 2. The molecule has 0 atom stereocenters. The minimum Gasteiger partial charge on any atom is -0.462 e. The highest BCUT2D eigenvalue weighted by atomic mass is 16.5. The lowest BCUT2D eigenvalue weighted by Crippen LogP contribution is -2.22. The Labute approximate surface area is 171 Å². The van der Waals surface area contributed by atoms with Gasteiger partial charge in [0.15, 0.2) is 5.78 Å². The van der Waals surface area contributed by atoms with Crippen LogP contribution in [-0.4, -0.2) is 30.8 Å². The van der Waals surface area contributed by atoms with Crippen LogP contribution >= 0.6 is 0 Å². The SMILES string of the molecule is C=C(C)C(=O)OCCCC(=O)CNc1ccc(N(C(C)=O)c2ccccc2)cc1. The van der Waals surface area contributed by atoms with Gasteiger partial charge in [-0.15, -0.1) is 0 Å². The third kappa shape index (κ3) is 6.92. The van der Waals surface area contributed by atoms with E-state index in [1.54, 1.807) is 11.8 Å². The van der Waals surface area contributed by atoms with Gasteiger partial charge in [0.2, 0.25) is 5.91 Å². The molecule has 0 spiro atoms. The summed E-state index contributed by atoms with van der Waals surface area (Å²) in [7, 11) is 0. The predicted octanol–water partition coefficient (Wildman–Crippen LogP) is 4.25. The highest BCUT2D eigenvalue weighted by Crippen LogP contribution is 2.26. The van der Waals surface area contributed by atoms with Crippen LogP contribution in [-0.2, 0) is 19.1 Å². The predicted molar refractivity (Wildman–Crippen MR) is 114 cm³/mol. The highest BCUT2D eigenvalue weighted by molar-refractivity contribution is 5.99. The van der Waals surface area contributed by atoms with Crippen LogP contribution in [0.2, 0.25) is 0 Å². The lowest BCUT2D eigenvalue weighted by molar-refractivity contribution is -0.139. The molecule has 1 N–H and O–H groups in total. The molecule has 152 valence electrons. The zero-order chi connectivity index (χ0) is 21.2. The first kappa shape index (κ1) is 21.9. The van der Waals surface area contributed by atoms with Gasteiger partial charge in [-0.1, -0.05) is 24.8 Å². The van der Waals surface area contributed by atoms with Crippen LogP contribution in [0.25, 0.3) is 0 Å². The van der Waals surface area contributed by atoms with Crippen LogP contribution in [0.4, 0.5) is 17.1 Å². The van der Waals surface area contributed by atoms with Crippen molar-refractivity contribution >= 4 is 34.7 Å². The van der Waals surface area contributed by atoms with Crippen LogP contribution in [0.3, 0.4) is 0 Å². The molecule has 29 heavy (non-hydrogen) atoms. The number of ketones is 1. The zero-order valence-corrected chi connectivity index (χ0v) is 16.8. The summed E-state index contributed by atoms with van der Waals surface area (Å²) >= 11 is 0. The second-order valence-corrected chi connectivity index (χ2v) is 6.65. The van der Waals surface area contributed by atoms with E-state index in [1.807, 2.05) is 54.6 Å². The summed E-state index contributed by atoms with van der Waals surface area (Å²) in [5.74, 6) is -0.500. The van der Waals surface area contributed by atoms with E-state index < -0.39 is 5.97 Å². The van der Waals surface area contributed by atoms with Gasteiger partial charge in [0.25, 0.3) is 0 Å². The Morgan fingerprint density at radius 1 is 0.966 bits per heavy atom. The molecule has 2 rings (SSSR count). The molecule has 6 nitrogen and oxygen atoms in total. The number of nitrogens with one attached hydrogen (secondary N) is 1. The Kier molecular flexibility index (Phi) is 8.15. The molecule has 0 fully saturated rings. The van der Waals surface area contributed by atoms with Crippen molar-refractivity contribution < 1.29 is 19.1 Å². The maximum atomic E-state index is 12.1. The maximum Gasteiger partial charge on any atom is 0.333 e. The molecule has 0 saturated heterocycles. The zero-order valence-electron chi connectivity index (χ0n) is 16.8. The molecule has 1 amide bonds. The summed E-state index contributed by atoms with van der Waals surface area (Å²) in [6.07, 6.45) is 0.795. The second kappa shape index (κ2) is 10.8. The second-order valence-electron chi connectivity index (χ2n) is 6.65. The first-order valence-electron chi connectivity index (χ1n) is 9.42. The number of carbonyl (C=O) groups is 3. The molecular formula is C23H26N2O4. The fourth-order valence-corrected chi connectivity index (χ4v) is 2.66. The van der Waals surface area contributed by atoms with E-state index in [4.69, 9.17) is 4.74 Å². The number of amides is 1. The number of nitrogens with zero attached hydrogens (tertiary/aromatic N) is 1. The summed E-state index contributed by atoms with van der Waals surface area (Å²) in [6.45, 7) is 6.99. The van der Waals surface area contributed by atoms with Crippen molar-refractivity contribution in [3.8, 4) is 0 Å². The summed E-state index contributed by atoms with van der Waals surface area (Å²) < 4.78 is 4.96. The van der Waals surface area contributed by atoms with Gasteiger partial charge < -0.3 is 10.1 Å². The first-order chi connectivity index (χ1) is 13.9. The van der Waals surface area contributed by atoms with Crippen molar-refractivity contribution in [2.75, 3.05) is 23.4 Å². The molecule has 0 saturated carbocycles. The van der Waals surface area contributed by atoms with E-state index in [1.165, 1.54) is 6.92 Å². The fraction of sp³-hybridized carbons (Fsp3) is 0.261. The number of rotatable bonds is 10. The number of ether oxygens (including phenoxy) is 1. The molecule has 0 bridgehead atoms. The molecule has 0 aliphatic carbocycles. The van der Waals surface area contributed by atoms with Gasteiger partial charge in [-0.05, 0) is 49.7 Å². The molecule has 6 heteroatoms. The summed E-state index contributed by atoms with van der Waals surface area (Å²) in [5.41, 5.74) is 2.67. The normalized spacial score (nSPS) is 10.1. The van der Waals surface area contributed by atoms with Crippen LogP contribution in [0.5, 0.6) is 0 Å². The molecule has 0 heterocycles. The van der Waals surface area contributed by atoms with Gasteiger partial charge in [-0.3, -0.25) is 14.5 Å². The minimum atomic E-state index is -0.439. The van der Waals surface area contributed by atoms with Crippen LogP contribution in [0.15, 0.2) is 66.7 Å². The topological polar surface area (TPSA) is 75.7 Å². The maximum absolute atomic E-state index is 12.1. The van der Waals surface area contributed by atoms with Gasteiger partial charge >= 0.3 is 5.97 Å². The quantitative estimate of drug-likeness (QED) is 0.370. The Hall–Kier alpha value is -3.41. The number of hydrogen-bond acceptors (Lipinski definition) is 5. The van der Waals surface area contributed by atoms with Gasteiger partial charge in [-0.2, -0.15) is 0 Å². The average Bonchev–Trinajstić information content (AvgIpc) is 2.71. The number of carbonyl (C=O) groups excluding carboxylic acids is 3. The highest BCUT2D eigenvalue weighted by Gasteiger charge is 2.13. The minimum absolute atomic E-state index is 0.0232. The average molecular weight is 394 g/mol. The van der Waals surface area contributed by atoms with Gasteiger partial charge in [0.1, 0.15) is 0 Å². The van der Waals surface area contributed by atoms with Gasteiger partial charge in [0, 0.05) is 36.0 Å². The van der Waals surface area contributed by atoms with E-state index in [0.717, 1.165) is 17.1 Å². The van der Waals surface area contributed by atoms with E-state index in [0.29, 0.717) is 18.4 Å². The van der Waals surface area contributed by atoms with E-state index in [-0.39, 0.29) is 24.8 Å². The molecule has 2 aromatic rings. The van der Waals surface area contributed by atoms with Crippen molar-refractivity contribution in [1.82, 2.24) is 0 Å². The molecule has 0 unspecified atom stereocenters. The molecule has 0 aliphatic rings. The Morgan fingerprint density at radius 3 is 2.17 bits per heavy atom. The van der Waals surface area contributed by atoms with Gasteiger partial charge in [-0.25, -0.2) is 4.79 Å².